The van der Waals surface area contributed by atoms with Gasteiger partial charge < -0.3 is 26.0 Å². The Labute approximate surface area is 137 Å². The second-order valence-electron chi connectivity index (χ2n) is 6.53. The minimum atomic E-state index is -0.0188. The van der Waals surface area contributed by atoms with Crippen molar-refractivity contribution in [3.05, 3.63) is 18.2 Å². The van der Waals surface area contributed by atoms with Crippen molar-refractivity contribution >= 4 is 23.0 Å². The lowest BCUT2D eigenvalue weighted by molar-refractivity contribution is -0.905. The van der Waals surface area contributed by atoms with E-state index in [1.165, 1.54) is 0 Å². The number of carbonyl (C=O) groups excluding carboxylic acids is 1. The molecule has 7 heteroatoms. The van der Waals surface area contributed by atoms with Gasteiger partial charge in [-0.15, -0.1) is 0 Å². The van der Waals surface area contributed by atoms with Crippen LogP contribution in [0.2, 0.25) is 0 Å². The minimum absolute atomic E-state index is 0.0188. The number of aliphatic hydroxyl groups is 1. The molecule has 0 atom stereocenters. The summed E-state index contributed by atoms with van der Waals surface area (Å²) in [4.78, 5) is 14.7. The van der Waals surface area contributed by atoms with Gasteiger partial charge in [0, 0.05) is 25.3 Å². The standard InChI is InChI=1S/C16H27N5O2/c1-20-6-8-21(2,9-7-20)12-16(23)19-15-11-13(17)3-4-14(15)18-5-10-22/h3-4,11,18,22H,5-10,12,17H2,1-2H3/p+1. The third-order valence-corrected chi connectivity index (χ3v) is 4.31. The van der Waals surface area contributed by atoms with Gasteiger partial charge in [0.05, 0.1) is 38.1 Å². The first-order valence-electron chi connectivity index (χ1n) is 7.98. The van der Waals surface area contributed by atoms with Crippen LogP contribution < -0.4 is 16.4 Å². The fourth-order valence-electron chi connectivity index (χ4n) is 2.75. The molecule has 2 rings (SSSR count). The molecule has 1 aliphatic heterocycles. The highest BCUT2D eigenvalue weighted by Crippen LogP contribution is 2.24. The fraction of sp³-hybridized carbons (Fsp3) is 0.562. The number of anilines is 3. The Hall–Kier alpha value is -1.83. The summed E-state index contributed by atoms with van der Waals surface area (Å²) in [5.74, 6) is -0.0188. The molecule has 1 amide bonds. The number of nitrogens with two attached hydrogens (primary N) is 1. The van der Waals surface area contributed by atoms with Gasteiger partial charge in [-0.3, -0.25) is 9.69 Å². The van der Waals surface area contributed by atoms with E-state index in [1.54, 1.807) is 12.1 Å². The molecular weight excluding hydrogens is 294 g/mol. The van der Waals surface area contributed by atoms with Gasteiger partial charge >= 0.3 is 0 Å². The summed E-state index contributed by atoms with van der Waals surface area (Å²) in [6.07, 6.45) is 0. The second kappa shape index (κ2) is 7.63. The first-order valence-corrected chi connectivity index (χ1v) is 7.98. The SMILES string of the molecule is CN1CC[N+](C)(CC(=O)Nc2cc(N)ccc2NCCO)CC1. The zero-order chi connectivity index (χ0) is 16.9. The number of piperazine rings is 1. The van der Waals surface area contributed by atoms with Gasteiger partial charge in [-0.2, -0.15) is 0 Å². The number of hydrogen-bond acceptors (Lipinski definition) is 5. The topological polar surface area (TPSA) is 90.6 Å². The molecule has 1 heterocycles. The molecule has 1 aromatic rings. The number of amides is 1. The number of aliphatic hydroxyl groups excluding tert-OH is 1. The predicted molar refractivity (Wildman–Crippen MR) is 93.3 cm³/mol. The van der Waals surface area contributed by atoms with Crippen LogP contribution >= 0.6 is 0 Å². The maximum atomic E-state index is 12.4. The van der Waals surface area contributed by atoms with E-state index in [1.807, 2.05) is 6.07 Å². The molecule has 0 aliphatic carbocycles. The molecule has 0 radical (unpaired) electrons. The van der Waals surface area contributed by atoms with E-state index in [2.05, 4.69) is 29.6 Å². The van der Waals surface area contributed by atoms with E-state index in [-0.39, 0.29) is 12.5 Å². The Balaban J connectivity index is 2.00. The smallest absolute Gasteiger partial charge is 0.279 e. The summed E-state index contributed by atoms with van der Waals surface area (Å²) in [6, 6.07) is 5.32. The Morgan fingerprint density at radius 3 is 2.70 bits per heavy atom. The van der Waals surface area contributed by atoms with Crippen LogP contribution in [0.5, 0.6) is 0 Å². The average Bonchev–Trinajstić information content (AvgIpc) is 2.49. The van der Waals surface area contributed by atoms with Crippen LogP contribution in [0, 0.1) is 0 Å². The lowest BCUT2D eigenvalue weighted by Gasteiger charge is -2.40. The van der Waals surface area contributed by atoms with Gasteiger partial charge in [-0.05, 0) is 25.2 Å². The van der Waals surface area contributed by atoms with Crippen LogP contribution in [0.4, 0.5) is 17.1 Å². The quantitative estimate of drug-likeness (QED) is 0.437. The zero-order valence-electron chi connectivity index (χ0n) is 14.0. The van der Waals surface area contributed by atoms with Crippen molar-refractivity contribution in [3.63, 3.8) is 0 Å². The highest BCUT2D eigenvalue weighted by atomic mass is 16.3. The number of rotatable bonds is 6. The lowest BCUT2D eigenvalue weighted by Crippen LogP contribution is -2.58. The van der Waals surface area contributed by atoms with E-state index >= 15 is 0 Å². The van der Waals surface area contributed by atoms with Crippen molar-refractivity contribution in [3.8, 4) is 0 Å². The Morgan fingerprint density at radius 1 is 1.35 bits per heavy atom. The van der Waals surface area contributed by atoms with Crippen LogP contribution in [-0.2, 0) is 4.79 Å². The van der Waals surface area contributed by atoms with Gasteiger partial charge in [0.15, 0.2) is 6.54 Å². The zero-order valence-corrected chi connectivity index (χ0v) is 14.0. The predicted octanol–water partition coefficient (Wildman–Crippen LogP) is 0.00350. The molecule has 1 fully saturated rings. The van der Waals surface area contributed by atoms with Crippen LogP contribution in [0.15, 0.2) is 18.2 Å². The summed E-state index contributed by atoms with van der Waals surface area (Å²) < 4.78 is 0.748. The molecule has 0 aromatic heterocycles. The highest BCUT2D eigenvalue weighted by molar-refractivity contribution is 5.95. The van der Waals surface area contributed by atoms with Crippen molar-refractivity contribution in [1.29, 1.82) is 0 Å². The number of quaternary nitrogens is 1. The van der Waals surface area contributed by atoms with Crippen molar-refractivity contribution < 1.29 is 14.4 Å². The van der Waals surface area contributed by atoms with Gasteiger partial charge in [0.2, 0.25) is 0 Å². The lowest BCUT2D eigenvalue weighted by atomic mass is 10.2. The number of likely N-dealkylation sites (N-methyl/N-ethyl adjacent to an activating group) is 2. The first kappa shape index (κ1) is 17.5. The van der Waals surface area contributed by atoms with Gasteiger partial charge in [0.1, 0.15) is 0 Å². The Bertz CT molecular complexity index is 541. The van der Waals surface area contributed by atoms with Crippen LogP contribution in [-0.4, -0.2) is 80.4 Å². The molecule has 0 bridgehead atoms. The number of nitrogen functional groups attached to an aromatic ring is 1. The number of hydrogen-bond donors (Lipinski definition) is 4. The van der Waals surface area contributed by atoms with Crippen molar-refractivity contribution in [2.75, 3.05) is 76.3 Å². The summed E-state index contributed by atoms with van der Waals surface area (Å²) >= 11 is 0. The molecule has 0 spiro atoms. The van der Waals surface area contributed by atoms with Crippen LogP contribution in [0.25, 0.3) is 0 Å². The first-order chi connectivity index (χ1) is 10.9. The molecule has 5 N–H and O–H groups in total. The number of carbonyl (C=O) groups is 1. The highest BCUT2D eigenvalue weighted by Gasteiger charge is 2.29. The molecule has 7 nitrogen and oxygen atoms in total. The van der Waals surface area contributed by atoms with Crippen molar-refractivity contribution in [1.82, 2.24) is 4.90 Å². The van der Waals surface area contributed by atoms with Gasteiger partial charge in [-0.1, -0.05) is 0 Å². The normalized spacial score (nSPS) is 17.7. The molecule has 23 heavy (non-hydrogen) atoms. The Morgan fingerprint density at radius 2 is 2.04 bits per heavy atom. The molecule has 128 valence electrons. The number of benzene rings is 1. The van der Waals surface area contributed by atoms with E-state index in [9.17, 15) is 4.79 Å². The summed E-state index contributed by atoms with van der Waals surface area (Å²) in [6.45, 7) is 4.85. The summed E-state index contributed by atoms with van der Waals surface area (Å²) in [5, 5.41) is 15.0. The second-order valence-corrected chi connectivity index (χ2v) is 6.53. The van der Waals surface area contributed by atoms with Crippen molar-refractivity contribution in [2.45, 2.75) is 0 Å². The van der Waals surface area contributed by atoms with Crippen molar-refractivity contribution in [2.24, 2.45) is 0 Å². The third-order valence-electron chi connectivity index (χ3n) is 4.31. The molecule has 0 saturated carbocycles. The largest absolute Gasteiger partial charge is 0.399 e. The van der Waals surface area contributed by atoms with Crippen LogP contribution in [0.3, 0.4) is 0 Å². The maximum Gasteiger partial charge on any atom is 0.279 e. The van der Waals surface area contributed by atoms with Gasteiger partial charge in [-0.25, -0.2) is 0 Å². The molecular formula is C16H28N5O2+. The molecule has 0 unspecified atom stereocenters. The summed E-state index contributed by atoms with van der Waals surface area (Å²) in [5.41, 5.74) is 7.83. The van der Waals surface area contributed by atoms with Crippen LogP contribution in [0.1, 0.15) is 0 Å². The number of nitrogens with zero attached hydrogens (tertiary/aromatic N) is 2. The summed E-state index contributed by atoms with van der Waals surface area (Å²) in [7, 11) is 4.23. The Kier molecular flexibility index (Phi) is 5.81. The molecule has 1 aliphatic rings. The van der Waals surface area contributed by atoms with Gasteiger partial charge in [0.25, 0.3) is 5.91 Å². The average molecular weight is 322 g/mol. The third kappa shape index (κ3) is 5.09. The van der Waals surface area contributed by atoms with E-state index < -0.39 is 0 Å². The van der Waals surface area contributed by atoms with E-state index in [0.29, 0.717) is 24.5 Å². The van der Waals surface area contributed by atoms with E-state index in [0.717, 1.165) is 36.3 Å². The van der Waals surface area contributed by atoms with E-state index in [4.69, 9.17) is 10.8 Å². The maximum absolute atomic E-state index is 12.4. The minimum Gasteiger partial charge on any atom is -0.399 e. The number of nitrogens with one attached hydrogen (secondary N) is 2. The monoisotopic (exact) mass is 322 g/mol. The molecule has 1 aromatic carbocycles. The molecule has 1 saturated heterocycles. The fourth-order valence-corrected chi connectivity index (χ4v) is 2.75.